The van der Waals surface area contributed by atoms with E-state index >= 15 is 0 Å². The topological polar surface area (TPSA) is 89.7 Å². The molecule has 2 aromatic heterocycles. The molecule has 1 saturated heterocycles. The lowest BCUT2D eigenvalue weighted by atomic mass is 10.1. The van der Waals surface area contributed by atoms with Gasteiger partial charge in [0.15, 0.2) is 11.5 Å². The minimum Gasteiger partial charge on any atom is -0.495 e. The number of sulfonamides is 1. The summed E-state index contributed by atoms with van der Waals surface area (Å²) in [7, 11) is -2.19. The third kappa shape index (κ3) is 2.85. The Kier molecular flexibility index (Phi) is 4.44. The molecule has 1 aliphatic heterocycles. The second-order valence-electron chi connectivity index (χ2n) is 7.37. The van der Waals surface area contributed by atoms with Gasteiger partial charge in [-0.1, -0.05) is 24.3 Å². The molecule has 0 atom stereocenters. The van der Waals surface area contributed by atoms with Crippen LogP contribution < -0.4 is 4.74 Å². The molecule has 3 heterocycles. The molecule has 0 bridgehead atoms. The Morgan fingerprint density at radius 2 is 1.73 bits per heavy atom. The zero-order chi connectivity index (χ0) is 20.9. The van der Waals surface area contributed by atoms with Crippen molar-refractivity contribution >= 4 is 26.4 Å². The molecule has 9 heteroatoms. The summed E-state index contributed by atoms with van der Waals surface area (Å²) in [5, 5.41) is 15.3. The molecule has 0 saturated carbocycles. The smallest absolute Gasteiger partial charge is 0.246 e. The van der Waals surface area contributed by atoms with Crippen LogP contribution in [-0.2, 0) is 10.0 Å². The molecule has 2 aromatic carbocycles. The lowest BCUT2D eigenvalue weighted by molar-refractivity contribution is 0.398. The van der Waals surface area contributed by atoms with Crippen molar-refractivity contribution in [1.29, 1.82) is 0 Å². The fraction of sp³-hybridized carbons (Fsp3) is 0.286. The Morgan fingerprint density at radius 3 is 2.47 bits per heavy atom. The molecule has 0 amide bonds. The second kappa shape index (κ2) is 7.03. The van der Waals surface area contributed by atoms with Gasteiger partial charge >= 0.3 is 0 Å². The van der Waals surface area contributed by atoms with Crippen LogP contribution in [-0.4, -0.2) is 52.7 Å². The molecular formula is C21H21N5O3S. The summed E-state index contributed by atoms with van der Waals surface area (Å²) in [6.07, 6.45) is 1.73. The minimum atomic E-state index is -3.66. The van der Waals surface area contributed by atoms with Crippen LogP contribution in [0.15, 0.2) is 47.4 Å². The summed E-state index contributed by atoms with van der Waals surface area (Å²) in [5.41, 5.74) is 2.09. The van der Waals surface area contributed by atoms with Gasteiger partial charge in [0.2, 0.25) is 10.0 Å². The molecule has 5 rings (SSSR count). The Bertz CT molecular complexity index is 1370. The van der Waals surface area contributed by atoms with Crippen molar-refractivity contribution in [3.8, 4) is 17.1 Å². The molecule has 8 nitrogen and oxygen atoms in total. The number of methoxy groups -OCH3 is 1. The van der Waals surface area contributed by atoms with E-state index in [1.54, 1.807) is 22.7 Å². The Hall–Kier alpha value is -3.04. The van der Waals surface area contributed by atoms with Gasteiger partial charge in [0, 0.05) is 29.4 Å². The third-order valence-electron chi connectivity index (χ3n) is 5.55. The van der Waals surface area contributed by atoms with E-state index < -0.39 is 10.0 Å². The quantitative estimate of drug-likeness (QED) is 0.501. The predicted molar refractivity (Wildman–Crippen MR) is 113 cm³/mol. The van der Waals surface area contributed by atoms with Gasteiger partial charge in [-0.25, -0.2) is 8.42 Å². The first-order chi connectivity index (χ1) is 14.5. The van der Waals surface area contributed by atoms with Gasteiger partial charge in [-0.05, 0) is 38.0 Å². The highest BCUT2D eigenvalue weighted by Crippen LogP contribution is 2.33. The van der Waals surface area contributed by atoms with Gasteiger partial charge in [0.25, 0.3) is 0 Å². The van der Waals surface area contributed by atoms with Crippen LogP contribution in [0.5, 0.6) is 5.75 Å². The van der Waals surface area contributed by atoms with Gasteiger partial charge in [-0.3, -0.25) is 0 Å². The van der Waals surface area contributed by atoms with E-state index in [4.69, 9.17) is 4.74 Å². The number of aromatic nitrogens is 4. The molecule has 0 N–H and O–H groups in total. The van der Waals surface area contributed by atoms with Gasteiger partial charge in [-0.15, -0.1) is 10.2 Å². The van der Waals surface area contributed by atoms with Crippen LogP contribution in [0.1, 0.15) is 18.5 Å². The Labute approximate surface area is 174 Å². The zero-order valence-corrected chi connectivity index (χ0v) is 17.6. The summed E-state index contributed by atoms with van der Waals surface area (Å²) in [5.74, 6) is 0.799. The van der Waals surface area contributed by atoms with E-state index in [1.807, 2.05) is 31.2 Å². The number of ether oxygens (including phenoxy) is 1. The van der Waals surface area contributed by atoms with Crippen LogP contribution in [0.3, 0.4) is 0 Å². The van der Waals surface area contributed by atoms with Crippen molar-refractivity contribution in [2.45, 2.75) is 24.7 Å². The summed E-state index contributed by atoms with van der Waals surface area (Å²) >= 11 is 0. The first-order valence-corrected chi connectivity index (χ1v) is 11.2. The van der Waals surface area contributed by atoms with E-state index in [0.29, 0.717) is 35.9 Å². The van der Waals surface area contributed by atoms with Crippen molar-refractivity contribution in [3.05, 3.63) is 48.2 Å². The highest BCUT2D eigenvalue weighted by atomic mass is 32.2. The molecule has 0 spiro atoms. The third-order valence-corrected chi connectivity index (χ3v) is 7.47. The first kappa shape index (κ1) is 19.0. The average Bonchev–Trinajstić information content (AvgIpc) is 3.44. The summed E-state index contributed by atoms with van der Waals surface area (Å²) in [6, 6.07) is 12.9. The molecule has 0 radical (unpaired) electrons. The number of hydrogen-bond acceptors (Lipinski definition) is 6. The van der Waals surface area contributed by atoms with Crippen LogP contribution >= 0.6 is 0 Å². The monoisotopic (exact) mass is 423 g/mol. The second-order valence-corrected chi connectivity index (χ2v) is 9.27. The number of rotatable bonds is 4. The van der Waals surface area contributed by atoms with Crippen LogP contribution in [0, 0.1) is 6.92 Å². The molecule has 30 heavy (non-hydrogen) atoms. The van der Waals surface area contributed by atoms with Crippen molar-refractivity contribution in [2.75, 3.05) is 20.2 Å². The van der Waals surface area contributed by atoms with Gasteiger partial charge in [0.05, 0.1) is 12.8 Å². The lowest BCUT2D eigenvalue weighted by Gasteiger charge is -2.18. The molecule has 0 aliphatic carbocycles. The number of benzene rings is 2. The standard InChI is InChI=1S/C21H21N5O3S/c1-14-16-7-3-4-8-17(16)21-23-22-20(26(21)24-14)15-9-10-18(29-2)19(13-15)30(27,28)25-11-5-6-12-25/h3-4,7-10,13H,5-6,11-12H2,1-2H3. The average molecular weight is 423 g/mol. The maximum absolute atomic E-state index is 13.2. The van der Waals surface area contributed by atoms with Crippen LogP contribution in [0.2, 0.25) is 0 Å². The van der Waals surface area contributed by atoms with E-state index in [0.717, 1.165) is 29.3 Å². The summed E-state index contributed by atoms with van der Waals surface area (Å²) in [6.45, 7) is 2.98. The van der Waals surface area contributed by atoms with Gasteiger partial charge in [0.1, 0.15) is 10.6 Å². The highest BCUT2D eigenvalue weighted by molar-refractivity contribution is 7.89. The predicted octanol–water partition coefficient (Wildman–Crippen LogP) is 3.05. The van der Waals surface area contributed by atoms with Crippen molar-refractivity contribution in [2.24, 2.45) is 0 Å². The normalized spacial score (nSPS) is 15.3. The van der Waals surface area contributed by atoms with Gasteiger partial charge in [-0.2, -0.15) is 13.9 Å². The van der Waals surface area contributed by atoms with Crippen LogP contribution in [0.25, 0.3) is 27.8 Å². The largest absolute Gasteiger partial charge is 0.495 e. The maximum Gasteiger partial charge on any atom is 0.246 e. The van der Waals surface area contributed by atoms with E-state index in [2.05, 4.69) is 15.3 Å². The summed E-state index contributed by atoms with van der Waals surface area (Å²) < 4.78 is 35.0. The fourth-order valence-electron chi connectivity index (χ4n) is 4.00. The number of hydrogen-bond donors (Lipinski definition) is 0. The van der Waals surface area contributed by atoms with E-state index in [-0.39, 0.29) is 4.90 Å². The Morgan fingerprint density at radius 1 is 1.00 bits per heavy atom. The van der Waals surface area contributed by atoms with Crippen molar-refractivity contribution < 1.29 is 13.2 Å². The van der Waals surface area contributed by atoms with Crippen molar-refractivity contribution in [3.63, 3.8) is 0 Å². The number of nitrogens with zero attached hydrogens (tertiary/aromatic N) is 5. The molecule has 1 fully saturated rings. The van der Waals surface area contributed by atoms with Crippen molar-refractivity contribution in [1.82, 2.24) is 24.1 Å². The molecule has 154 valence electrons. The fourth-order valence-corrected chi connectivity index (χ4v) is 5.70. The molecule has 0 unspecified atom stereocenters. The number of fused-ring (bicyclic) bond motifs is 3. The minimum absolute atomic E-state index is 0.138. The van der Waals surface area contributed by atoms with Crippen LogP contribution in [0.4, 0.5) is 0 Å². The first-order valence-electron chi connectivity index (χ1n) is 9.80. The van der Waals surface area contributed by atoms with E-state index in [1.165, 1.54) is 11.4 Å². The lowest BCUT2D eigenvalue weighted by Crippen LogP contribution is -2.28. The zero-order valence-electron chi connectivity index (χ0n) is 16.7. The Balaban J connectivity index is 1.71. The van der Waals surface area contributed by atoms with Gasteiger partial charge < -0.3 is 4.74 Å². The number of aryl methyl sites for hydroxylation is 1. The van der Waals surface area contributed by atoms with E-state index in [9.17, 15) is 8.42 Å². The molecule has 1 aliphatic rings. The SMILES string of the molecule is COc1ccc(-c2nnc3c4ccccc4c(C)nn23)cc1S(=O)(=O)N1CCCC1. The molecular weight excluding hydrogens is 402 g/mol. The maximum atomic E-state index is 13.2. The highest BCUT2D eigenvalue weighted by Gasteiger charge is 2.30. The molecule has 4 aromatic rings. The summed E-state index contributed by atoms with van der Waals surface area (Å²) in [4.78, 5) is 0.138.